The normalized spacial score (nSPS) is 23.5. The van der Waals surface area contributed by atoms with Gasteiger partial charge >= 0.3 is 0 Å². The van der Waals surface area contributed by atoms with Crippen molar-refractivity contribution in [1.82, 2.24) is 15.1 Å². The van der Waals surface area contributed by atoms with Gasteiger partial charge < -0.3 is 15.3 Å². The Morgan fingerprint density at radius 2 is 2.12 bits per heavy atom. The van der Waals surface area contributed by atoms with Gasteiger partial charge in [0.1, 0.15) is 0 Å². The summed E-state index contributed by atoms with van der Waals surface area (Å²) in [4.78, 5) is 5.09. The van der Waals surface area contributed by atoms with E-state index < -0.39 is 0 Å². The summed E-state index contributed by atoms with van der Waals surface area (Å²) in [5.41, 5.74) is 0. The third-order valence-electron chi connectivity index (χ3n) is 4.00. The molecule has 1 saturated heterocycles. The second-order valence-corrected chi connectivity index (χ2v) is 4.92. The van der Waals surface area contributed by atoms with E-state index in [4.69, 9.17) is 5.11 Å². The van der Waals surface area contributed by atoms with E-state index in [-0.39, 0.29) is 12.6 Å². The first kappa shape index (κ1) is 14.9. The van der Waals surface area contributed by atoms with E-state index in [1.54, 1.807) is 0 Å². The third kappa shape index (κ3) is 4.54. The number of likely N-dealkylation sites (N-methyl/N-ethyl adjacent to an activating group) is 2. The van der Waals surface area contributed by atoms with Crippen molar-refractivity contribution in [3.8, 4) is 0 Å². The van der Waals surface area contributed by atoms with Crippen molar-refractivity contribution in [3.63, 3.8) is 0 Å². The van der Waals surface area contributed by atoms with E-state index in [0.29, 0.717) is 0 Å². The predicted molar refractivity (Wildman–Crippen MR) is 72.3 cm³/mol. The van der Waals surface area contributed by atoms with Gasteiger partial charge in [0.05, 0.1) is 6.61 Å². The minimum absolute atomic E-state index is 0.240. The Balaban J connectivity index is 2.25. The molecule has 0 aromatic carbocycles. The Labute approximate surface area is 106 Å². The van der Waals surface area contributed by atoms with Crippen LogP contribution in [0.1, 0.15) is 26.7 Å². The fraction of sp³-hybridized carbons (Fsp3) is 1.00. The van der Waals surface area contributed by atoms with Crippen LogP contribution in [0.2, 0.25) is 0 Å². The molecule has 0 spiro atoms. The molecule has 17 heavy (non-hydrogen) atoms. The molecule has 4 heteroatoms. The molecule has 1 rings (SSSR count). The lowest BCUT2D eigenvalue weighted by Crippen LogP contribution is -2.38. The molecule has 102 valence electrons. The van der Waals surface area contributed by atoms with E-state index in [9.17, 15) is 0 Å². The molecule has 1 aliphatic rings. The summed E-state index contributed by atoms with van der Waals surface area (Å²) in [6.07, 6.45) is 2.34. The minimum atomic E-state index is 0.240. The highest BCUT2D eigenvalue weighted by atomic mass is 16.3. The van der Waals surface area contributed by atoms with Crippen LogP contribution in [-0.4, -0.2) is 73.4 Å². The van der Waals surface area contributed by atoms with Crippen molar-refractivity contribution >= 4 is 0 Å². The number of hydrogen-bond acceptors (Lipinski definition) is 4. The van der Waals surface area contributed by atoms with Crippen molar-refractivity contribution in [2.75, 3.05) is 46.4 Å². The summed E-state index contributed by atoms with van der Waals surface area (Å²) in [5, 5.41) is 12.3. The fourth-order valence-electron chi connectivity index (χ4n) is 2.72. The van der Waals surface area contributed by atoms with Crippen LogP contribution in [0.15, 0.2) is 0 Å². The molecule has 2 atom stereocenters. The van der Waals surface area contributed by atoms with Gasteiger partial charge in [-0.15, -0.1) is 0 Å². The van der Waals surface area contributed by atoms with Crippen molar-refractivity contribution < 1.29 is 5.11 Å². The summed E-state index contributed by atoms with van der Waals surface area (Å²) < 4.78 is 0. The van der Waals surface area contributed by atoms with Crippen LogP contribution < -0.4 is 5.32 Å². The molecule has 0 aliphatic carbocycles. The van der Waals surface area contributed by atoms with E-state index >= 15 is 0 Å². The standard InChI is InChI=1S/C13H29N3O/c1-4-16(5-2)13-7-9-15(10-13)8-6-12(11-17)14-3/h12-14,17H,4-11H2,1-3H3. The Hall–Kier alpha value is -0.160. The first-order chi connectivity index (χ1) is 8.24. The highest BCUT2D eigenvalue weighted by molar-refractivity contribution is 4.83. The lowest BCUT2D eigenvalue weighted by molar-refractivity contribution is 0.198. The van der Waals surface area contributed by atoms with Gasteiger partial charge in [0, 0.05) is 18.6 Å². The number of nitrogens with one attached hydrogen (secondary N) is 1. The molecule has 0 bridgehead atoms. The van der Waals surface area contributed by atoms with Crippen LogP contribution in [-0.2, 0) is 0 Å². The minimum Gasteiger partial charge on any atom is -0.395 e. The second-order valence-electron chi connectivity index (χ2n) is 4.92. The van der Waals surface area contributed by atoms with Gasteiger partial charge in [-0.05, 0) is 46.1 Å². The zero-order chi connectivity index (χ0) is 12.7. The molecule has 1 fully saturated rings. The molecule has 4 nitrogen and oxygen atoms in total. The number of hydrogen-bond donors (Lipinski definition) is 2. The molecule has 0 radical (unpaired) electrons. The molecule has 1 aliphatic heterocycles. The highest BCUT2D eigenvalue weighted by Crippen LogP contribution is 2.15. The Morgan fingerprint density at radius 3 is 2.65 bits per heavy atom. The molecule has 0 aromatic rings. The van der Waals surface area contributed by atoms with Crippen molar-refractivity contribution in [2.45, 2.75) is 38.8 Å². The maximum Gasteiger partial charge on any atom is 0.0585 e. The van der Waals surface area contributed by atoms with Crippen molar-refractivity contribution in [3.05, 3.63) is 0 Å². The van der Waals surface area contributed by atoms with Crippen LogP contribution in [0.4, 0.5) is 0 Å². The van der Waals surface area contributed by atoms with Crippen LogP contribution in [0.3, 0.4) is 0 Å². The number of aliphatic hydroxyl groups excluding tert-OH is 1. The molecule has 1 heterocycles. The van der Waals surface area contributed by atoms with Gasteiger partial charge in [0.15, 0.2) is 0 Å². The number of likely N-dealkylation sites (tertiary alicyclic amines) is 1. The Bertz CT molecular complexity index is 193. The average molecular weight is 243 g/mol. The van der Waals surface area contributed by atoms with Crippen LogP contribution in [0.5, 0.6) is 0 Å². The molecule has 0 amide bonds. The molecule has 0 saturated carbocycles. The molecule has 2 unspecified atom stereocenters. The predicted octanol–water partition coefficient (Wildman–Crippen LogP) is 0.373. The van der Waals surface area contributed by atoms with Crippen molar-refractivity contribution in [1.29, 1.82) is 0 Å². The van der Waals surface area contributed by atoms with Gasteiger partial charge in [-0.1, -0.05) is 13.8 Å². The van der Waals surface area contributed by atoms with E-state index in [1.165, 1.54) is 19.5 Å². The average Bonchev–Trinajstić information content (AvgIpc) is 2.81. The first-order valence-corrected chi connectivity index (χ1v) is 6.99. The number of aliphatic hydroxyl groups is 1. The van der Waals surface area contributed by atoms with Gasteiger partial charge in [0.25, 0.3) is 0 Å². The van der Waals surface area contributed by atoms with E-state index in [1.807, 2.05) is 7.05 Å². The molecular formula is C13H29N3O. The van der Waals surface area contributed by atoms with E-state index in [0.717, 1.165) is 32.1 Å². The molecule has 2 N–H and O–H groups in total. The maximum atomic E-state index is 9.13. The molecule has 0 aromatic heterocycles. The smallest absolute Gasteiger partial charge is 0.0585 e. The largest absolute Gasteiger partial charge is 0.395 e. The van der Waals surface area contributed by atoms with Gasteiger partial charge in [0.2, 0.25) is 0 Å². The lowest BCUT2D eigenvalue weighted by Gasteiger charge is -2.26. The summed E-state index contributed by atoms with van der Waals surface area (Å²) in [7, 11) is 1.92. The zero-order valence-electron chi connectivity index (χ0n) is 11.7. The number of rotatable bonds is 8. The van der Waals surface area contributed by atoms with Crippen LogP contribution >= 0.6 is 0 Å². The maximum absolute atomic E-state index is 9.13. The topological polar surface area (TPSA) is 38.7 Å². The van der Waals surface area contributed by atoms with Crippen molar-refractivity contribution in [2.24, 2.45) is 0 Å². The summed E-state index contributed by atoms with van der Waals surface area (Å²) in [6, 6.07) is 0.995. The number of nitrogens with zero attached hydrogens (tertiary/aromatic N) is 2. The highest BCUT2D eigenvalue weighted by Gasteiger charge is 2.25. The zero-order valence-corrected chi connectivity index (χ0v) is 11.7. The monoisotopic (exact) mass is 243 g/mol. The summed E-state index contributed by atoms with van der Waals surface area (Å²) >= 11 is 0. The summed E-state index contributed by atoms with van der Waals surface area (Å²) in [5.74, 6) is 0. The third-order valence-corrected chi connectivity index (χ3v) is 4.00. The SMILES string of the molecule is CCN(CC)C1CCN(CCC(CO)NC)C1. The summed E-state index contributed by atoms with van der Waals surface area (Å²) in [6.45, 7) is 10.6. The fourth-order valence-corrected chi connectivity index (χ4v) is 2.72. The Kier molecular flexibility index (Phi) is 7.04. The van der Waals surface area contributed by atoms with Crippen LogP contribution in [0.25, 0.3) is 0 Å². The van der Waals surface area contributed by atoms with E-state index in [2.05, 4.69) is 29.0 Å². The Morgan fingerprint density at radius 1 is 1.41 bits per heavy atom. The second kappa shape index (κ2) is 8.03. The lowest BCUT2D eigenvalue weighted by atomic mass is 10.2. The van der Waals surface area contributed by atoms with Gasteiger partial charge in [-0.2, -0.15) is 0 Å². The van der Waals surface area contributed by atoms with Crippen LogP contribution in [0, 0.1) is 0 Å². The van der Waals surface area contributed by atoms with Gasteiger partial charge in [-0.3, -0.25) is 4.90 Å². The molecular weight excluding hydrogens is 214 g/mol. The quantitative estimate of drug-likeness (QED) is 0.646. The first-order valence-electron chi connectivity index (χ1n) is 6.99. The van der Waals surface area contributed by atoms with Gasteiger partial charge in [-0.25, -0.2) is 0 Å².